The van der Waals surface area contributed by atoms with Crippen molar-refractivity contribution in [2.75, 3.05) is 51.8 Å². The minimum atomic E-state index is -1.07. The number of rotatable bonds is 19. The molecule has 5 fully saturated rings. The maximum atomic E-state index is 14.5. The Bertz CT molecular complexity index is 3470. The zero-order valence-electron chi connectivity index (χ0n) is 51.6. The summed E-state index contributed by atoms with van der Waals surface area (Å²) in [5.74, 6) is 0.570. The number of hydrogen-bond acceptors (Lipinski definition) is 12. The summed E-state index contributed by atoms with van der Waals surface area (Å²) >= 11 is 1.18. The summed E-state index contributed by atoms with van der Waals surface area (Å²) < 4.78 is 9.71. The van der Waals surface area contributed by atoms with Crippen LogP contribution in [0, 0.1) is 17.8 Å². The van der Waals surface area contributed by atoms with Gasteiger partial charge in [-0.15, -0.1) is 11.3 Å². The third-order valence-electron chi connectivity index (χ3n) is 19.1. The minimum absolute atomic E-state index is 0.0261. The topological polar surface area (TPSA) is 265 Å². The zero-order valence-corrected chi connectivity index (χ0v) is 52.4. The van der Waals surface area contributed by atoms with E-state index in [0.717, 1.165) is 121 Å². The fraction of sp³-hybridized carbons (Fsp3) is 0.485. The average molecular weight is 1250 g/mol. The highest BCUT2D eigenvalue weighted by Gasteiger charge is 2.41. The number of alkyl carbamates (subject to hydrolysis) is 2. The molecule has 21 nitrogen and oxygen atoms in total. The largest absolute Gasteiger partial charge is 0.477 e. The van der Waals surface area contributed by atoms with Gasteiger partial charge in [0.05, 0.1) is 55.8 Å². The van der Waals surface area contributed by atoms with E-state index in [1.807, 2.05) is 59.6 Å². The molecule has 22 heteroatoms. The maximum Gasteiger partial charge on any atom is 0.407 e. The number of carboxylic acid groups (broad SMARTS) is 1. The van der Waals surface area contributed by atoms with E-state index in [1.54, 1.807) is 20.9 Å². The lowest BCUT2D eigenvalue weighted by atomic mass is 9.82. The number of nitrogens with zero attached hydrogens (tertiary/aromatic N) is 6. The first-order valence-corrected chi connectivity index (χ1v) is 32.9. The summed E-state index contributed by atoms with van der Waals surface area (Å²) in [6, 6.07) is 26.2. The number of carbonyl (C=O) groups excluding carboxylic acids is 6. The highest BCUT2D eigenvalue weighted by molar-refractivity contribution is 7.18. The third-order valence-corrected chi connectivity index (χ3v) is 20.3. The lowest BCUT2D eigenvalue weighted by molar-refractivity contribution is -0.138. The Morgan fingerprint density at radius 3 is 1.81 bits per heavy atom. The predicted molar refractivity (Wildman–Crippen MR) is 342 cm³/mol. The van der Waals surface area contributed by atoms with Crippen LogP contribution in [0.25, 0.3) is 44.1 Å². The number of thiophene rings is 1. The van der Waals surface area contributed by atoms with Crippen LogP contribution in [0.2, 0.25) is 0 Å². The number of likely N-dealkylation sites (tertiary alicyclic amines) is 3. The van der Waals surface area contributed by atoms with Crippen molar-refractivity contribution < 1.29 is 48.1 Å². The van der Waals surface area contributed by atoms with Crippen molar-refractivity contribution in [2.45, 2.75) is 146 Å². The molecule has 3 saturated heterocycles. The molecule has 0 radical (unpaired) electrons. The Hall–Kier alpha value is -8.53. The van der Waals surface area contributed by atoms with Gasteiger partial charge in [0.1, 0.15) is 22.6 Å². The first-order valence-electron chi connectivity index (χ1n) is 32.1. The van der Waals surface area contributed by atoms with Crippen LogP contribution < -0.4 is 20.9 Å². The number of carbonyl (C=O) groups is 7. The SMILES string of the molecule is COC(=O)NC1CCC(C(=O)N2CCC[C@H]2c2ncc(-c3ccc(-c4ccc(-c5cnc([C@@H]6CCCN6C(=O)[C@H](CCCCNC(=O)N6CCC(N(C(=O)C7CCC(C)CC7)c7cc(-c8ccccc8)sc7C(=O)O)CC6)NC(=O)OC)[nH]5)cc4)cc3)[nH]2)CC1. The lowest BCUT2D eigenvalue weighted by Gasteiger charge is -2.40. The number of H-pyrrole nitrogens is 2. The Morgan fingerprint density at radius 1 is 0.656 bits per heavy atom. The van der Waals surface area contributed by atoms with Gasteiger partial charge in [-0.2, -0.15) is 0 Å². The van der Waals surface area contributed by atoms with Crippen LogP contribution >= 0.6 is 11.3 Å². The smallest absolute Gasteiger partial charge is 0.407 e. The van der Waals surface area contributed by atoms with E-state index in [2.05, 4.69) is 69.2 Å². The summed E-state index contributed by atoms with van der Waals surface area (Å²) in [6.07, 6.45) is 14.5. The summed E-state index contributed by atoms with van der Waals surface area (Å²) in [7, 11) is 2.63. The number of benzene rings is 3. The van der Waals surface area contributed by atoms with Crippen LogP contribution in [-0.4, -0.2) is 147 Å². The minimum Gasteiger partial charge on any atom is -0.477 e. The number of carboxylic acids is 1. The summed E-state index contributed by atoms with van der Waals surface area (Å²) in [6.45, 7) is 4.54. The van der Waals surface area contributed by atoms with E-state index >= 15 is 0 Å². The van der Waals surface area contributed by atoms with Gasteiger partial charge in [-0.25, -0.2) is 29.1 Å². The standard InChI is InChI=1S/C68H83N11O10S/c1-42-16-18-49(19-17-42)63(81)79(57-39-58(90-59(57)65(83)84)47-11-5-4-6-12-47)51-32-37-76(38-33-51)66(85)69-34-8-7-13-52(75-68(87)89-3)64(82)78-36-10-15-56(78)61-71-41-54(74-61)46-26-22-44(23-27-46)43-20-24-45(25-21-43)53-40-70-60(73-53)55-14-9-35-77(55)62(80)48-28-30-50(31-29-48)72-67(86)88-2/h4-6,11-12,20-27,39-42,48-52,55-56H,7-10,13-19,28-38H2,1-3H3,(H,69,85)(H,70,73)(H,71,74)(H,72,86)(H,75,87)(H,83,84)/t42?,48?,49?,50?,52-,55-,56-/m0/s1. The van der Waals surface area contributed by atoms with Gasteiger partial charge in [0.2, 0.25) is 17.7 Å². The Kier molecular flexibility index (Phi) is 20.3. The number of urea groups is 1. The second-order valence-corrected chi connectivity index (χ2v) is 25.9. The van der Waals surface area contributed by atoms with Crippen LogP contribution in [0.5, 0.6) is 0 Å². The van der Waals surface area contributed by atoms with Crippen LogP contribution in [-0.2, 0) is 23.9 Å². The van der Waals surface area contributed by atoms with Gasteiger partial charge in [0.15, 0.2) is 0 Å². The third kappa shape index (κ3) is 14.5. The molecule has 6 N–H and O–H groups in total. The maximum absolute atomic E-state index is 14.5. The number of hydrogen-bond donors (Lipinski definition) is 6. The molecule has 0 spiro atoms. The van der Waals surface area contributed by atoms with Gasteiger partial charge < -0.3 is 60.1 Å². The molecular formula is C68H83N11O10S. The molecule has 3 aromatic heterocycles. The highest BCUT2D eigenvalue weighted by Crippen LogP contribution is 2.42. The molecular weight excluding hydrogens is 1160 g/mol. The number of methoxy groups -OCH3 is 2. The molecule has 3 atom stereocenters. The van der Waals surface area contributed by atoms with E-state index in [9.17, 15) is 38.7 Å². The van der Waals surface area contributed by atoms with E-state index in [1.165, 1.54) is 25.6 Å². The van der Waals surface area contributed by atoms with Gasteiger partial charge in [-0.05, 0) is 149 Å². The number of amides is 7. The van der Waals surface area contributed by atoms with Gasteiger partial charge in [-0.1, -0.05) is 85.8 Å². The molecule has 0 bridgehead atoms. The molecule has 0 unspecified atom stereocenters. The van der Waals surface area contributed by atoms with Crippen molar-refractivity contribution >= 4 is 58.9 Å². The van der Waals surface area contributed by atoms with Gasteiger partial charge in [0, 0.05) is 61.5 Å². The molecule has 2 aliphatic carbocycles. The summed E-state index contributed by atoms with van der Waals surface area (Å²) in [5.41, 5.74) is 7.02. The molecule has 90 heavy (non-hydrogen) atoms. The quantitative estimate of drug-likeness (QED) is 0.0414. The van der Waals surface area contributed by atoms with Gasteiger partial charge in [0.25, 0.3) is 0 Å². The number of anilines is 1. The first-order chi connectivity index (χ1) is 43.7. The van der Waals surface area contributed by atoms with Crippen molar-refractivity contribution in [3.8, 4) is 44.1 Å². The van der Waals surface area contributed by atoms with Crippen molar-refractivity contribution in [2.24, 2.45) is 17.8 Å². The van der Waals surface area contributed by atoms with Crippen LogP contribution in [0.1, 0.15) is 149 Å². The van der Waals surface area contributed by atoms with Crippen LogP contribution in [0.15, 0.2) is 97.3 Å². The van der Waals surface area contributed by atoms with Gasteiger partial charge in [-0.3, -0.25) is 14.4 Å². The Morgan fingerprint density at radius 2 is 1.22 bits per heavy atom. The first kappa shape index (κ1) is 63.1. The molecule has 3 aliphatic heterocycles. The fourth-order valence-electron chi connectivity index (χ4n) is 14.0. The zero-order chi connectivity index (χ0) is 62.8. The molecule has 7 amide bonds. The second-order valence-electron chi connectivity index (χ2n) is 24.9. The molecule has 2 saturated carbocycles. The Labute approximate surface area is 529 Å². The summed E-state index contributed by atoms with van der Waals surface area (Å²) in [5, 5.41) is 19.1. The van der Waals surface area contributed by atoms with Crippen LogP contribution in [0.4, 0.5) is 20.1 Å². The monoisotopic (exact) mass is 1250 g/mol. The predicted octanol–water partition coefficient (Wildman–Crippen LogP) is 11.7. The Balaban J connectivity index is 0.654. The normalized spacial score (nSPS) is 21.5. The number of ether oxygens (including phenoxy) is 2. The van der Waals surface area contributed by atoms with Gasteiger partial charge >= 0.3 is 24.2 Å². The molecule has 476 valence electrons. The van der Waals surface area contributed by atoms with Crippen LogP contribution in [0.3, 0.4) is 0 Å². The fourth-order valence-corrected chi connectivity index (χ4v) is 15.0. The number of piperidine rings is 1. The number of imidazole rings is 2. The number of aromatic amines is 2. The number of aromatic carboxylic acids is 1. The van der Waals surface area contributed by atoms with Crippen molar-refractivity contribution in [1.29, 1.82) is 0 Å². The number of nitrogens with one attached hydrogen (secondary N) is 5. The molecule has 6 heterocycles. The number of unbranched alkanes of at least 4 members (excludes halogenated alkanes) is 1. The lowest BCUT2D eigenvalue weighted by Crippen LogP contribution is -2.52. The molecule has 3 aromatic carbocycles. The highest BCUT2D eigenvalue weighted by atomic mass is 32.1. The van der Waals surface area contributed by atoms with E-state index in [-0.39, 0.29) is 64.6 Å². The number of aromatic nitrogens is 4. The molecule has 5 aliphatic rings. The second kappa shape index (κ2) is 29.0. The van der Waals surface area contributed by atoms with E-state index < -0.39 is 24.2 Å². The van der Waals surface area contributed by atoms with Crippen molar-refractivity contribution in [3.63, 3.8) is 0 Å². The van der Waals surface area contributed by atoms with Crippen molar-refractivity contribution in [3.05, 3.63) is 114 Å². The van der Waals surface area contributed by atoms with E-state index in [0.29, 0.717) is 88.7 Å². The van der Waals surface area contributed by atoms with E-state index in [4.69, 9.17) is 19.4 Å². The average Bonchev–Trinajstić information content (AvgIpc) is 1.68. The van der Waals surface area contributed by atoms with Crippen molar-refractivity contribution in [1.82, 2.24) is 50.6 Å². The molecule has 6 aromatic rings. The summed E-state index contributed by atoms with van der Waals surface area (Å²) in [4.78, 5) is 118. The molecule has 11 rings (SSSR count).